The molecule has 3 aromatic carbocycles. The number of benzene rings is 3. The first-order chi connectivity index (χ1) is 16.3. The summed E-state index contributed by atoms with van der Waals surface area (Å²) in [6, 6.07) is 15.3. The maximum absolute atomic E-state index is 13.1. The minimum Gasteiger partial charge on any atom is -0.490 e. The first kappa shape index (κ1) is 23.5. The number of rotatable bonds is 7. The lowest BCUT2D eigenvalue weighted by Gasteiger charge is -2.20. The fourth-order valence-corrected chi connectivity index (χ4v) is 5.60. The first-order valence-electron chi connectivity index (χ1n) is 11.0. The Morgan fingerprint density at radius 2 is 1.56 bits per heavy atom. The summed E-state index contributed by atoms with van der Waals surface area (Å²) in [7, 11) is -3.92. The predicted octanol–water partition coefficient (Wildman–Crippen LogP) is 4.35. The molecule has 0 spiro atoms. The Morgan fingerprint density at radius 1 is 0.882 bits per heavy atom. The molecule has 0 radical (unpaired) electrons. The molecule has 0 fully saturated rings. The molecule has 0 saturated heterocycles. The van der Waals surface area contributed by atoms with E-state index in [1.807, 2.05) is 32.9 Å². The quantitative estimate of drug-likeness (QED) is 0.423. The van der Waals surface area contributed by atoms with Crippen LogP contribution in [-0.2, 0) is 9.84 Å². The van der Waals surface area contributed by atoms with Gasteiger partial charge in [-0.1, -0.05) is 18.2 Å². The number of nitrogens with one attached hydrogen (secondary N) is 1. The standard InChI is InChI=1S/C26H25NO6S/c1-4-32-21-13-11-17(14-22(21)33-5-2)16(3)27-26(29)18-10-12-20-24(15-18)34(30,31)23-9-7-6-8-19(23)25(20)28/h6-16H,4-5H2,1-3H3,(H,27,29)/t16-/m1/s1. The molecule has 0 aliphatic carbocycles. The average molecular weight is 480 g/mol. The number of hydrogen-bond acceptors (Lipinski definition) is 6. The highest BCUT2D eigenvalue weighted by Crippen LogP contribution is 2.35. The Bertz CT molecular complexity index is 1380. The molecular weight excluding hydrogens is 454 g/mol. The third-order valence-corrected chi connectivity index (χ3v) is 7.47. The average Bonchev–Trinajstić information content (AvgIpc) is 2.84. The number of carbonyl (C=O) groups is 2. The summed E-state index contributed by atoms with van der Waals surface area (Å²) in [6.07, 6.45) is 0. The van der Waals surface area contributed by atoms with E-state index in [4.69, 9.17) is 9.47 Å². The van der Waals surface area contributed by atoms with Crippen LogP contribution in [0.1, 0.15) is 58.7 Å². The van der Waals surface area contributed by atoms with E-state index in [9.17, 15) is 18.0 Å². The van der Waals surface area contributed by atoms with Gasteiger partial charge in [0.25, 0.3) is 5.91 Å². The molecule has 1 heterocycles. The molecule has 1 atom stereocenters. The third-order valence-electron chi connectivity index (χ3n) is 5.61. The van der Waals surface area contributed by atoms with Crippen molar-refractivity contribution in [3.63, 3.8) is 0 Å². The molecule has 1 aliphatic rings. The van der Waals surface area contributed by atoms with E-state index in [1.165, 1.54) is 30.3 Å². The fourth-order valence-electron chi connectivity index (χ4n) is 3.93. The van der Waals surface area contributed by atoms with Crippen molar-refractivity contribution in [3.8, 4) is 11.5 Å². The normalized spacial score (nSPS) is 14.5. The van der Waals surface area contributed by atoms with Gasteiger partial charge < -0.3 is 14.8 Å². The van der Waals surface area contributed by atoms with Gasteiger partial charge in [-0.3, -0.25) is 9.59 Å². The lowest BCUT2D eigenvalue weighted by molar-refractivity contribution is 0.0938. The molecule has 176 valence electrons. The van der Waals surface area contributed by atoms with Crippen LogP contribution >= 0.6 is 0 Å². The number of amides is 1. The highest BCUT2D eigenvalue weighted by molar-refractivity contribution is 7.91. The van der Waals surface area contributed by atoms with Crippen molar-refractivity contribution < 1.29 is 27.5 Å². The van der Waals surface area contributed by atoms with Crippen LogP contribution in [0.15, 0.2) is 70.5 Å². The van der Waals surface area contributed by atoms with Crippen LogP contribution in [0, 0.1) is 0 Å². The van der Waals surface area contributed by atoms with Crippen LogP contribution < -0.4 is 14.8 Å². The zero-order valence-corrected chi connectivity index (χ0v) is 19.9. The maximum Gasteiger partial charge on any atom is 0.251 e. The van der Waals surface area contributed by atoms with E-state index in [0.29, 0.717) is 24.7 Å². The van der Waals surface area contributed by atoms with Gasteiger partial charge in [0.1, 0.15) is 0 Å². The second kappa shape index (κ2) is 9.30. The predicted molar refractivity (Wildman–Crippen MR) is 126 cm³/mol. The topological polar surface area (TPSA) is 98.8 Å². The van der Waals surface area contributed by atoms with E-state index >= 15 is 0 Å². The lowest BCUT2D eigenvalue weighted by atomic mass is 10.0. The highest BCUT2D eigenvalue weighted by Gasteiger charge is 2.35. The van der Waals surface area contributed by atoms with E-state index in [2.05, 4.69) is 5.32 Å². The van der Waals surface area contributed by atoms with Gasteiger partial charge in [0.05, 0.1) is 29.0 Å². The summed E-state index contributed by atoms with van der Waals surface area (Å²) in [5.41, 5.74) is 1.16. The molecule has 0 saturated carbocycles. The van der Waals surface area contributed by atoms with Crippen LogP contribution in [0.5, 0.6) is 11.5 Å². The van der Waals surface area contributed by atoms with Crippen molar-refractivity contribution >= 4 is 21.5 Å². The summed E-state index contributed by atoms with van der Waals surface area (Å²) in [6.45, 7) is 6.55. The van der Waals surface area contributed by atoms with Gasteiger partial charge in [0.15, 0.2) is 17.3 Å². The van der Waals surface area contributed by atoms with Crippen LogP contribution in [0.4, 0.5) is 0 Å². The van der Waals surface area contributed by atoms with Crippen molar-refractivity contribution in [2.45, 2.75) is 36.6 Å². The van der Waals surface area contributed by atoms with E-state index in [0.717, 1.165) is 5.56 Å². The zero-order valence-electron chi connectivity index (χ0n) is 19.1. The monoisotopic (exact) mass is 479 g/mol. The molecular formula is C26H25NO6S. The third kappa shape index (κ3) is 4.17. The van der Waals surface area contributed by atoms with Crippen LogP contribution in [0.2, 0.25) is 0 Å². The van der Waals surface area contributed by atoms with Gasteiger partial charge in [-0.05, 0) is 68.8 Å². The molecule has 0 aromatic heterocycles. The van der Waals surface area contributed by atoms with Gasteiger partial charge in [0.2, 0.25) is 9.84 Å². The fraction of sp³-hybridized carbons (Fsp3) is 0.231. The summed E-state index contributed by atoms with van der Waals surface area (Å²) < 4.78 is 37.5. The molecule has 0 unspecified atom stereocenters. The van der Waals surface area contributed by atoms with Gasteiger partial charge in [-0.2, -0.15) is 0 Å². The van der Waals surface area contributed by atoms with Gasteiger partial charge in [-0.25, -0.2) is 8.42 Å². The zero-order chi connectivity index (χ0) is 24.5. The Morgan fingerprint density at radius 3 is 2.29 bits per heavy atom. The Balaban J connectivity index is 1.61. The summed E-state index contributed by atoms with van der Waals surface area (Å²) in [4.78, 5) is 25.6. The highest BCUT2D eigenvalue weighted by atomic mass is 32.2. The van der Waals surface area contributed by atoms with Crippen molar-refractivity contribution in [1.29, 1.82) is 0 Å². The number of carbonyl (C=O) groups excluding carboxylic acids is 2. The molecule has 3 aromatic rings. The molecule has 1 amide bonds. The second-order valence-electron chi connectivity index (χ2n) is 7.81. The molecule has 8 heteroatoms. The van der Waals surface area contributed by atoms with Crippen molar-refractivity contribution in [2.75, 3.05) is 13.2 Å². The van der Waals surface area contributed by atoms with E-state index in [-0.39, 0.29) is 32.3 Å². The molecule has 7 nitrogen and oxygen atoms in total. The smallest absolute Gasteiger partial charge is 0.251 e. The Kier molecular flexibility index (Phi) is 6.43. The minimum absolute atomic E-state index is 0.0451. The van der Waals surface area contributed by atoms with Crippen LogP contribution in [0.25, 0.3) is 0 Å². The summed E-state index contributed by atoms with van der Waals surface area (Å²) >= 11 is 0. The first-order valence-corrected chi connectivity index (χ1v) is 12.5. The van der Waals surface area contributed by atoms with Crippen molar-refractivity contribution in [3.05, 3.63) is 82.9 Å². The number of ketones is 1. The minimum atomic E-state index is -3.92. The van der Waals surface area contributed by atoms with Crippen molar-refractivity contribution in [2.24, 2.45) is 0 Å². The Hall–Kier alpha value is -3.65. The second-order valence-corrected chi connectivity index (χ2v) is 9.69. The van der Waals surface area contributed by atoms with Gasteiger partial charge in [-0.15, -0.1) is 0 Å². The summed E-state index contributed by atoms with van der Waals surface area (Å²) in [5, 5.41) is 2.88. The van der Waals surface area contributed by atoms with Crippen molar-refractivity contribution in [1.82, 2.24) is 5.32 Å². The van der Waals surface area contributed by atoms with E-state index in [1.54, 1.807) is 18.2 Å². The van der Waals surface area contributed by atoms with Gasteiger partial charge >= 0.3 is 0 Å². The molecule has 1 N–H and O–H groups in total. The largest absolute Gasteiger partial charge is 0.490 e. The van der Waals surface area contributed by atoms with Crippen LogP contribution in [-0.4, -0.2) is 33.3 Å². The molecule has 4 rings (SSSR count). The lowest BCUT2D eigenvalue weighted by Crippen LogP contribution is -2.27. The maximum atomic E-state index is 13.1. The molecule has 1 aliphatic heterocycles. The summed E-state index contributed by atoms with van der Waals surface area (Å²) in [5.74, 6) is 0.374. The van der Waals surface area contributed by atoms with E-state index < -0.39 is 21.8 Å². The number of fused-ring (bicyclic) bond motifs is 2. The number of hydrogen-bond donors (Lipinski definition) is 1. The Labute approximate surface area is 198 Å². The van der Waals surface area contributed by atoms with Crippen LogP contribution in [0.3, 0.4) is 0 Å². The molecule has 0 bridgehead atoms. The van der Waals surface area contributed by atoms with Gasteiger partial charge in [0, 0.05) is 16.7 Å². The number of ether oxygens (including phenoxy) is 2. The number of sulfone groups is 1. The SMILES string of the molecule is CCOc1ccc([C@@H](C)NC(=O)c2ccc3c(c2)S(=O)(=O)c2ccccc2C3=O)cc1OCC. The molecule has 34 heavy (non-hydrogen) atoms.